The van der Waals surface area contributed by atoms with Crippen LogP contribution in [0.4, 0.5) is 11.4 Å². The van der Waals surface area contributed by atoms with Crippen LogP contribution in [0.3, 0.4) is 0 Å². The number of thioether (sulfide) groups is 1. The summed E-state index contributed by atoms with van der Waals surface area (Å²) in [5.74, 6) is 0.534. The van der Waals surface area contributed by atoms with Crippen LogP contribution < -0.4 is 10.2 Å². The number of benzene rings is 2. The van der Waals surface area contributed by atoms with Gasteiger partial charge in [-0.05, 0) is 24.6 Å². The highest BCUT2D eigenvalue weighted by Gasteiger charge is 2.29. The number of aliphatic hydroxyl groups is 1. The Labute approximate surface area is 157 Å². The lowest BCUT2D eigenvalue weighted by molar-refractivity contribution is -0.117. The van der Waals surface area contributed by atoms with Gasteiger partial charge in [-0.15, -0.1) is 11.8 Å². The average Bonchev–Trinajstić information content (AvgIpc) is 2.76. The number of rotatable bonds is 5. The first-order chi connectivity index (χ1) is 12.6. The summed E-state index contributed by atoms with van der Waals surface area (Å²) < 4.78 is 0. The van der Waals surface area contributed by atoms with Crippen LogP contribution in [0.25, 0.3) is 0 Å². The Morgan fingerprint density at radius 2 is 1.92 bits per heavy atom. The van der Waals surface area contributed by atoms with Gasteiger partial charge in [-0.25, -0.2) is 0 Å². The van der Waals surface area contributed by atoms with Gasteiger partial charge in [-0.3, -0.25) is 9.59 Å². The molecule has 0 aliphatic carbocycles. The van der Waals surface area contributed by atoms with E-state index in [1.165, 1.54) is 11.8 Å². The third-order valence-electron chi connectivity index (χ3n) is 4.31. The number of carbonyl (C=O) groups is 2. The number of hydrogen-bond donors (Lipinski definition) is 2. The quantitative estimate of drug-likeness (QED) is 0.848. The predicted octanol–water partition coefficient (Wildman–Crippen LogP) is 3.22. The van der Waals surface area contributed by atoms with Gasteiger partial charge in [0.05, 0.1) is 23.2 Å². The van der Waals surface area contributed by atoms with E-state index in [1.807, 2.05) is 55.5 Å². The molecule has 0 bridgehead atoms. The van der Waals surface area contributed by atoms with E-state index in [1.54, 1.807) is 11.0 Å². The molecule has 6 heteroatoms. The highest BCUT2D eigenvalue weighted by Crippen LogP contribution is 2.32. The van der Waals surface area contributed by atoms with Gasteiger partial charge in [0, 0.05) is 18.2 Å². The molecule has 2 aromatic rings. The third kappa shape index (κ3) is 4.26. The van der Waals surface area contributed by atoms with Crippen molar-refractivity contribution in [1.29, 1.82) is 0 Å². The standard InChI is InChI=1S/C20H22N2O3S/c1-14-11-19(24)21-16-9-5-6-10-17(16)22(14)20(25)13-26-12-18(23)15-7-3-2-4-8-15/h2-10,14,18,23H,11-13H2,1H3,(H,21,24)/t14-,18+/m0/s1. The molecule has 2 aromatic carbocycles. The molecule has 1 aliphatic heterocycles. The van der Waals surface area contributed by atoms with Gasteiger partial charge < -0.3 is 15.3 Å². The first-order valence-electron chi connectivity index (χ1n) is 8.58. The topological polar surface area (TPSA) is 69.6 Å². The zero-order chi connectivity index (χ0) is 18.5. The number of aliphatic hydroxyl groups excluding tert-OH is 1. The van der Waals surface area contributed by atoms with Crippen LogP contribution in [0, 0.1) is 0 Å². The van der Waals surface area contributed by atoms with E-state index >= 15 is 0 Å². The number of para-hydroxylation sites is 2. The van der Waals surface area contributed by atoms with E-state index in [0.717, 1.165) is 11.3 Å². The van der Waals surface area contributed by atoms with E-state index in [9.17, 15) is 14.7 Å². The van der Waals surface area contributed by atoms with Gasteiger partial charge >= 0.3 is 0 Å². The number of hydrogen-bond acceptors (Lipinski definition) is 4. The molecule has 0 aromatic heterocycles. The fraction of sp³-hybridized carbons (Fsp3) is 0.300. The van der Waals surface area contributed by atoms with Crippen LogP contribution in [-0.2, 0) is 9.59 Å². The third-order valence-corrected chi connectivity index (χ3v) is 5.32. The molecule has 0 fully saturated rings. The Balaban J connectivity index is 1.66. The normalized spacial score (nSPS) is 17.8. The lowest BCUT2D eigenvalue weighted by Crippen LogP contribution is -2.40. The molecule has 3 rings (SSSR count). The maximum absolute atomic E-state index is 12.8. The number of nitrogens with one attached hydrogen (secondary N) is 1. The van der Waals surface area contributed by atoms with Crippen molar-refractivity contribution in [1.82, 2.24) is 0 Å². The SMILES string of the molecule is C[C@H]1CC(=O)Nc2ccccc2N1C(=O)CSC[C@@H](O)c1ccccc1. The zero-order valence-corrected chi connectivity index (χ0v) is 15.4. The number of fused-ring (bicyclic) bond motifs is 1. The summed E-state index contributed by atoms with van der Waals surface area (Å²) >= 11 is 1.40. The summed E-state index contributed by atoms with van der Waals surface area (Å²) in [5, 5.41) is 13.1. The van der Waals surface area contributed by atoms with Gasteiger partial charge in [0.25, 0.3) is 0 Å². The maximum Gasteiger partial charge on any atom is 0.237 e. The second-order valence-electron chi connectivity index (χ2n) is 6.32. The summed E-state index contributed by atoms with van der Waals surface area (Å²) in [6.07, 6.45) is -0.344. The minimum Gasteiger partial charge on any atom is -0.388 e. The second-order valence-corrected chi connectivity index (χ2v) is 7.35. The van der Waals surface area contributed by atoms with Crippen molar-refractivity contribution in [2.45, 2.75) is 25.5 Å². The fourth-order valence-electron chi connectivity index (χ4n) is 3.07. The minimum atomic E-state index is -0.605. The molecule has 2 atom stereocenters. The first kappa shape index (κ1) is 18.5. The van der Waals surface area contributed by atoms with Crippen LogP contribution in [0.2, 0.25) is 0 Å². The maximum atomic E-state index is 12.8. The molecule has 0 spiro atoms. The smallest absolute Gasteiger partial charge is 0.237 e. The van der Waals surface area contributed by atoms with Crippen molar-refractivity contribution in [2.24, 2.45) is 0 Å². The Bertz CT molecular complexity index is 782. The van der Waals surface area contributed by atoms with Crippen molar-refractivity contribution in [3.05, 3.63) is 60.2 Å². The Morgan fingerprint density at radius 3 is 2.69 bits per heavy atom. The molecule has 2 amide bonds. The van der Waals surface area contributed by atoms with Crippen LogP contribution in [0.1, 0.15) is 25.0 Å². The van der Waals surface area contributed by atoms with E-state index in [0.29, 0.717) is 11.4 Å². The summed E-state index contributed by atoms with van der Waals surface area (Å²) in [4.78, 5) is 26.5. The van der Waals surface area contributed by atoms with Crippen molar-refractivity contribution >= 4 is 35.0 Å². The lowest BCUT2D eigenvalue weighted by Gasteiger charge is -2.28. The molecular formula is C20H22N2O3S. The molecule has 0 radical (unpaired) electrons. The molecule has 0 unspecified atom stereocenters. The van der Waals surface area contributed by atoms with Crippen LogP contribution >= 0.6 is 11.8 Å². The van der Waals surface area contributed by atoms with Gasteiger partial charge in [-0.1, -0.05) is 42.5 Å². The van der Waals surface area contributed by atoms with Crippen molar-refractivity contribution in [2.75, 3.05) is 21.7 Å². The van der Waals surface area contributed by atoms with Crippen molar-refractivity contribution < 1.29 is 14.7 Å². The van der Waals surface area contributed by atoms with Crippen LogP contribution in [0.5, 0.6) is 0 Å². The first-order valence-corrected chi connectivity index (χ1v) is 9.73. The molecule has 5 nitrogen and oxygen atoms in total. The van der Waals surface area contributed by atoms with E-state index in [-0.39, 0.29) is 30.0 Å². The molecule has 1 heterocycles. The summed E-state index contributed by atoms with van der Waals surface area (Å²) in [5.41, 5.74) is 2.22. The number of carbonyl (C=O) groups excluding carboxylic acids is 2. The lowest BCUT2D eigenvalue weighted by atomic mass is 10.1. The van der Waals surface area contributed by atoms with Crippen molar-refractivity contribution in [3.8, 4) is 0 Å². The number of amides is 2. The molecule has 26 heavy (non-hydrogen) atoms. The molecule has 136 valence electrons. The van der Waals surface area contributed by atoms with Crippen molar-refractivity contribution in [3.63, 3.8) is 0 Å². The molecule has 2 N–H and O–H groups in total. The number of nitrogens with zero attached hydrogens (tertiary/aromatic N) is 1. The predicted molar refractivity (Wildman–Crippen MR) is 105 cm³/mol. The highest BCUT2D eigenvalue weighted by atomic mass is 32.2. The Hall–Kier alpha value is -2.31. The van der Waals surface area contributed by atoms with Gasteiger partial charge in [0.2, 0.25) is 11.8 Å². The van der Waals surface area contributed by atoms with Gasteiger partial charge in [-0.2, -0.15) is 0 Å². The number of anilines is 2. The fourth-order valence-corrected chi connectivity index (χ4v) is 3.91. The average molecular weight is 370 g/mol. The van der Waals surface area contributed by atoms with E-state index < -0.39 is 6.10 Å². The van der Waals surface area contributed by atoms with Crippen LogP contribution in [-0.4, -0.2) is 34.5 Å². The molecule has 0 saturated heterocycles. The zero-order valence-electron chi connectivity index (χ0n) is 14.6. The Kier molecular flexibility index (Phi) is 5.96. The molecule has 1 aliphatic rings. The summed E-state index contributed by atoms with van der Waals surface area (Å²) in [7, 11) is 0. The van der Waals surface area contributed by atoms with E-state index in [2.05, 4.69) is 5.32 Å². The largest absolute Gasteiger partial charge is 0.388 e. The highest BCUT2D eigenvalue weighted by molar-refractivity contribution is 8.00. The van der Waals surface area contributed by atoms with Gasteiger partial charge in [0.1, 0.15) is 0 Å². The second kappa shape index (κ2) is 8.38. The Morgan fingerprint density at radius 1 is 1.23 bits per heavy atom. The molecule has 0 saturated carbocycles. The van der Waals surface area contributed by atoms with Crippen LogP contribution in [0.15, 0.2) is 54.6 Å². The van der Waals surface area contributed by atoms with Gasteiger partial charge in [0.15, 0.2) is 0 Å². The minimum absolute atomic E-state index is 0.0632. The summed E-state index contributed by atoms with van der Waals surface area (Å²) in [6, 6.07) is 16.5. The monoisotopic (exact) mass is 370 g/mol. The van der Waals surface area contributed by atoms with E-state index in [4.69, 9.17) is 0 Å². The summed E-state index contributed by atoms with van der Waals surface area (Å²) in [6.45, 7) is 1.88. The molecular weight excluding hydrogens is 348 g/mol.